The molecule has 0 amide bonds. The summed E-state index contributed by atoms with van der Waals surface area (Å²) in [6.45, 7) is 1.13. The van der Waals surface area contributed by atoms with Crippen LogP contribution in [-0.4, -0.2) is 22.6 Å². The SMILES string of the molecule is NC(=S)c1cnc2ccccc2c1N(CC1CC1)C1CC1. The summed E-state index contributed by atoms with van der Waals surface area (Å²) < 4.78 is 0. The molecule has 4 heteroatoms. The molecule has 2 aliphatic rings. The second-order valence-electron chi connectivity index (χ2n) is 6.23. The Hall–Kier alpha value is -1.68. The van der Waals surface area contributed by atoms with E-state index in [4.69, 9.17) is 18.0 Å². The first kappa shape index (κ1) is 13.0. The van der Waals surface area contributed by atoms with E-state index in [-0.39, 0.29) is 0 Å². The predicted octanol–water partition coefficient (Wildman–Crippen LogP) is 3.25. The van der Waals surface area contributed by atoms with E-state index in [0.717, 1.165) is 23.5 Å². The molecule has 2 fully saturated rings. The highest BCUT2D eigenvalue weighted by molar-refractivity contribution is 7.80. The summed E-state index contributed by atoms with van der Waals surface area (Å²) in [4.78, 5) is 7.53. The van der Waals surface area contributed by atoms with Gasteiger partial charge in [0.05, 0.1) is 16.8 Å². The quantitative estimate of drug-likeness (QED) is 0.860. The fourth-order valence-corrected chi connectivity index (χ4v) is 3.15. The largest absolute Gasteiger partial charge is 0.389 e. The Labute approximate surface area is 130 Å². The van der Waals surface area contributed by atoms with Crippen molar-refractivity contribution in [2.45, 2.75) is 31.7 Å². The van der Waals surface area contributed by atoms with Crippen molar-refractivity contribution >= 4 is 33.8 Å². The zero-order valence-electron chi connectivity index (χ0n) is 12.0. The number of anilines is 1. The molecule has 0 spiro atoms. The molecule has 4 rings (SSSR count). The molecule has 0 atom stereocenters. The summed E-state index contributed by atoms with van der Waals surface area (Å²) in [5, 5.41) is 1.18. The Morgan fingerprint density at radius 3 is 2.67 bits per heavy atom. The van der Waals surface area contributed by atoms with Gasteiger partial charge in [0.25, 0.3) is 0 Å². The Morgan fingerprint density at radius 2 is 2.00 bits per heavy atom. The van der Waals surface area contributed by atoms with Crippen LogP contribution in [0.3, 0.4) is 0 Å². The van der Waals surface area contributed by atoms with Crippen LogP contribution in [0.15, 0.2) is 30.5 Å². The fraction of sp³-hybridized carbons (Fsp3) is 0.412. The Bertz CT molecular complexity index is 704. The van der Waals surface area contributed by atoms with Crippen LogP contribution in [-0.2, 0) is 0 Å². The molecule has 0 saturated heterocycles. The first-order valence-electron chi connectivity index (χ1n) is 7.68. The lowest BCUT2D eigenvalue weighted by Crippen LogP contribution is -2.30. The van der Waals surface area contributed by atoms with Gasteiger partial charge in [-0.15, -0.1) is 0 Å². The molecule has 2 N–H and O–H groups in total. The highest BCUT2D eigenvalue weighted by Crippen LogP contribution is 2.41. The molecule has 0 aliphatic heterocycles. The maximum atomic E-state index is 5.98. The minimum Gasteiger partial charge on any atom is -0.389 e. The van der Waals surface area contributed by atoms with Crippen LogP contribution in [0.25, 0.3) is 10.9 Å². The highest BCUT2D eigenvalue weighted by Gasteiger charge is 2.35. The molecule has 2 aliphatic carbocycles. The van der Waals surface area contributed by atoms with Crippen LogP contribution in [0, 0.1) is 5.92 Å². The lowest BCUT2D eigenvalue weighted by Gasteiger charge is -2.28. The van der Waals surface area contributed by atoms with Gasteiger partial charge < -0.3 is 10.6 Å². The van der Waals surface area contributed by atoms with Crippen LogP contribution in [0.4, 0.5) is 5.69 Å². The van der Waals surface area contributed by atoms with E-state index in [1.165, 1.54) is 36.8 Å². The fourth-order valence-electron chi connectivity index (χ4n) is 3.00. The zero-order valence-corrected chi connectivity index (χ0v) is 12.8. The van der Waals surface area contributed by atoms with Crippen molar-refractivity contribution in [2.24, 2.45) is 11.7 Å². The smallest absolute Gasteiger partial charge is 0.107 e. The second kappa shape index (κ2) is 4.95. The van der Waals surface area contributed by atoms with Gasteiger partial charge in [-0.3, -0.25) is 4.98 Å². The van der Waals surface area contributed by atoms with Crippen LogP contribution < -0.4 is 10.6 Å². The van der Waals surface area contributed by atoms with Gasteiger partial charge in [-0.2, -0.15) is 0 Å². The van der Waals surface area contributed by atoms with E-state index in [1.54, 1.807) is 0 Å². The number of nitrogens with two attached hydrogens (primary N) is 1. The number of hydrogen-bond donors (Lipinski definition) is 1. The number of rotatable bonds is 5. The zero-order chi connectivity index (χ0) is 14.4. The molecule has 3 nitrogen and oxygen atoms in total. The lowest BCUT2D eigenvalue weighted by atomic mass is 10.1. The van der Waals surface area contributed by atoms with Crippen LogP contribution in [0.5, 0.6) is 0 Å². The average Bonchev–Trinajstić information content (AvgIpc) is 3.37. The van der Waals surface area contributed by atoms with E-state index in [9.17, 15) is 0 Å². The van der Waals surface area contributed by atoms with Crippen LogP contribution in [0.1, 0.15) is 31.2 Å². The minimum absolute atomic E-state index is 0.449. The minimum atomic E-state index is 0.449. The van der Waals surface area contributed by atoms with Crippen molar-refractivity contribution in [3.8, 4) is 0 Å². The van der Waals surface area contributed by atoms with Crippen molar-refractivity contribution < 1.29 is 0 Å². The lowest BCUT2D eigenvalue weighted by molar-refractivity contribution is 0.720. The number of hydrogen-bond acceptors (Lipinski definition) is 3. The molecule has 2 aromatic rings. The first-order chi connectivity index (χ1) is 10.2. The summed E-state index contributed by atoms with van der Waals surface area (Å²) >= 11 is 5.28. The third-order valence-electron chi connectivity index (χ3n) is 4.44. The summed E-state index contributed by atoms with van der Waals surface area (Å²) in [5.41, 5.74) is 9.14. The van der Waals surface area contributed by atoms with E-state index in [0.29, 0.717) is 11.0 Å². The second-order valence-corrected chi connectivity index (χ2v) is 6.67. The third kappa shape index (κ3) is 2.48. The molecule has 21 heavy (non-hydrogen) atoms. The Balaban J connectivity index is 1.89. The number of thiocarbonyl (C=S) groups is 1. The number of para-hydroxylation sites is 1. The molecule has 1 heterocycles. The van der Waals surface area contributed by atoms with E-state index >= 15 is 0 Å². The molecular formula is C17H19N3S. The summed E-state index contributed by atoms with van der Waals surface area (Å²) in [6.07, 6.45) is 7.12. The Morgan fingerprint density at radius 1 is 1.24 bits per heavy atom. The van der Waals surface area contributed by atoms with E-state index in [2.05, 4.69) is 28.1 Å². The summed E-state index contributed by atoms with van der Waals surface area (Å²) in [7, 11) is 0. The van der Waals surface area contributed by atoms with E-state index in [1.807, 2.05) is 12.3 Å². The van der Waals surface area contributed by atoms with Gasteiger partial charge in [0, 0.05) is 24.2 Å². The van der Waals surface area contributed by atoms with E-state index < -0.39 is 0 Å². The number of aromatic nitrogens is 1. The van der Waals surface area contributed by atoms with Gasteiger partial charge >= 0.3 is 0 Å². The molecular weight excluding hydrogens is 278 g/mol. The van der Waals surface area contributed by atoms with Gasteiger partial charge in [-0.1, -0.05) is 30.4 Å². The molecule has 1 aromatic carbocycles. The third-order valence-corrected chi connectivity index (χ3v) is 4.66. The highest BCUT2D eigenvalue weighted by atomic mass is 32.1. The Kier molecular flexibility index (Phi) is 3.07. The van der Waals surface area contributed by atoms with Gasteiger partial charge in [-0.25, -0.2) is 0 Å². The van der Waals surface area contributed by atoms with Crippen LogP contribution in [0.2, 0.25) is 0 Å². The molecule has 0 radical (unpaired) electrons. The van der Waals surface area contributed by atoms with Crippen molar-refractivity contribution in [3.63, 3.8) is 0 Å². The average molecular weight is 297 g/mol. The van der Waals surface area contributed by atoms with Crippen molar-refractivity contribution in [1.29, 1.82) is 0 Å². The molecule has 1 aromatic heterocycles. The van der Waals surface area contributed by atoms with Crippen molar-refractivity contribution in [3.05, 3.63) is 36.0 Å². The normalized spacial score (nSPS) is 17.9. The number of pyridine rings is 1. The van der Waals surface area contributed by atoms with Gasteiger partial charge in [0.1, 0.15) is 4.99 Å². The summed E-state index contributed by atoms with van der Waals surface area (Å²) in [6, 6.07) is 8.96. The number of benzene rings is 1. The maximum Gasteiger partial charge on any atom is 0.107 e. The molecule has 2 saturated carbocycles. The van der Waals surface area contributed by atoms with Gasteiger partial charge in [0.15, 0.2) is 0 Å². The molecule has 0 bridgehead atoms. The predicted molar refractivity (Wildman–Crippen MR) is 90.7 cm³/mol. The van der Waals surface area contributed by atoms with Gasteiger partial charge in [-0.05, 0) is 37.7 Å². The molecule has 0 unspecified atom stereocenters. The number of fused-ring (bicyclic) bond motifs is 1. The van der Waals surface area contributed by atoms with Crippen molar-refractivity contribution in [2.75, 3.05) is 11.4 Å². The van der Waals surface area contributed by atoms with Crippen LogP contribution >= 0.6 is 12.2 Å². The first-order valence-corrected chi connectivity index (χ1v) is 8.09. The monoisotopic (exact) mass is 297 g/mol. The van der Waals surface area contributed by atoms with Crippen molar-refractivity contribution in [1.82, 2.24) is 4.98 Å². The number of nitrogens with zero attached hydrogens (tertiary/aromatic N) is 2. The molecule has 108 valence electrons. The standard InChI is InChI=1S/C17H19N3S/c18-17(21)14-9-19-15-4-2-1-3-13(15)16(14)20(12-7-8-12)10-11-5-6-11/h1-4,9,11-12H,5-8,10H2,(H2,18,21). The maximum absolute atomic E-state index is 5.98. The topological polar surface area (TPSA) is 42.1 Å². The summed E-state index contributed by atoms with van der Waals surface area (Å²) in [5.74, 6) is 0.844. The van der Waals surface area contributed by atoms with Gasteiger partial charge in [0.2, 0.25) is 0 Å².